The van der Waals surface area contributed by atoms with E-state index in [0.29, 0.717) is 5.41 Å². The summed E-state index contributed by atoms with van der Waals surface area (Å²) in [6.07, 6.45) is 13.0. The minimum atomic E-state index is 0.508. The Kier molecular flexibility index (Phi) is 5.95. The minimum Gasteiger partial charge on any atom is -0.314 e. The summed E-state index contributed by atoms with van der Waals surface area (Å²) in [5.74, 6) is 2.86. The molecule has 0 heterocycles. The van der Waals surface area contributed by atoms with Gasteiger partial charge in [-0.3, -0.25) is 0 Å². The highest BCUT2D eigenvalue weighted by molar-refractivity contribution is 4.82. The van der Waals surface area contributed by atoms with Gasteiger partial charge in [-0.05, 0) is 68.2 Å². The Bertz CT molecular complexity index is 278. The minimum absolute atomic E-state index is 0.508. The van der Waals surface area contributed by atoms with Gasteiger partial charge in [0, 0.05) is 6.04 Å². The van der Waals surface area contributed by atoms with Crippen LogP contribution in [0.1, 0.15) is 85.5 Å². The van der Waals surface area contributed by atoms with Crippen LogP contribution in [0.3, 0.4) is 0 Å². The molecule has 0 aliphatic heterocycles. The average molecular weight is 280 g/mol. The molecule has 2 aliphatic carbocycles. The van der Waals surface area contributed by atoms with Crippen molar-refractivity contribution < 1.29 is 0 Å². The molecule has 0 aromatic rings. The zero-order valence-electron chi connectivity index (χ0n) is 14.4. The molecule has 118 valence electrons. The number of hydrogen-bond donors (Lipinski definition) is 1. The molecule has 4 atom stereocenters. The lowest BCUT2D eigenvalue weighted by atomic mass is 9.76. The third-order valence-electron chi connectivity index (χ3n) is 5.93. The van der Waals surface area contributed by atoms with Crippen molar-refractivity contribution in [1.29, 1.82) is 0 Å². The smallest absolute Gasteiger partial charge is 0.00672 e. The van der Waals surface area contributed by atoms with Gasteiger partial charge in [-0.25, -0.2) is 0 Å². The van der Waals surface area contributed by atoms with Crippen molar-refractivity contribution in [2.45, 2.75) is 91.5 Å². The summed E-state index contributed by atoms with van der Waals surface area (Å²) in [6, 6.07) is 0.805. The topological polar surface area (TPSA) is 12.0 Å². The van der Waals surface area contributed by atoms with Crippen LogP contribution in [0, 0.1) is 23.2 Å². The van der Waals surface area contributed by atoms with Crippen LogP contribution in [0.25, 0.3) is 0 Å². The second-order valence-electron chi connectivity index (χ2n) is 8.81. The van der Waals surface area contributed by atoms with Crippen molar-refractivity contribution in [2.75, 3.05) is 6.54 Å². The predicted octanol–water partition coefficient (Wildman–Crippen LogP) is 5.40. The highest BCUT2D eigenvalue weighted by Gasteiger charge is 2.28. The maximum atomic E-state index is 3.92. The van der Waals surface area contributed by atoms with Gasteiger partial charge in [0.1, 0.15) is 0 Å². The SMILES string of the molecule is CC1CCCC(CNC2CCCC(C(C)(C)C)CC2)C1. The van der Waals surface area contributed by atoms with Crippen molar-refractivity contribution >= 4 is 0 Å². The quantitative estimate of drug-likeness (QED) is 0.682. The predicted molar refractivity (Wildman–Crippen MR) is 88.9 cm³/mol. The highest BCUT2D eigenvalue weighted by Crippen LogP contribution is 2.37. The maximum absolute atomic E-state index is 3.92. The molecule has 0 bridgehead atoms. The molecule has 0 spiro atoms. The Morgan fingerprint density at radius 1 is 0.900 bits per heavy atom. The first-order valence-electron chi connectivity index (χ1n) is 9.18. The van der Waals surface area contributed by atoms with Gasteiger partial charge < -0.3 is 5.32 Å². The van der Waals surface area contributed by atoms with Gasteiger partial charge in [0.2, 0.25) is 0 Å². The van der Waals surface area contributed by atoms with E-state index in [1.807, 2.05) is 0 Å². The zero-order valence-corrected chi connectivity index (χ0v) is 14.4. The van der Waals surface area contributed by atoms with E-state index in [4.69, 9.17) is 0 Å². The molecule has 0 aromatic carbocycles. The Hall–Kier alpha value is -0.0400. The van der Waals surface area contributed by atoms with Gasteiger partial charge in [-0.15, -0.1) is 0 Å². The molecule has 0 aromatic heterocycles. The fraction of sp³-hybridized carbons (Fsp3) is 1.00. The van der Waals surface area contributed by atoms with Crippen LogP contribution in [0.5, 0.6) is 0 Å². The van der Waals surface area contributed by atoms with Crippen LogP contribution in [0.4, 0.5) is 0 Å². The molecule has 2 aliphatic rings. The van der Waals surface area contributed by atoms with Crippen molar-refractivity contribution in [3.05, 3.63) is 0 Å². The molecule has 0 saturated heterocycles. The largest absolute Gasteiger partial charge is 0.314 e. The average Bonchev–Trinajstić information content (AvgIpc) is 2.61. The fourth-order valence-electron chi connectivity index (χ4n) is 4.45. The first kappa shape index (κ1) is 16.3. The Morgan fingerprint density at radius 2 is 1.65 bits per heavy atom. The fourth-order valence-corrected chi connectivity index (χ4v) is 4.45. The zero-order chi connectivity index (χ0) is 14.6. The van der Waals surface area contributed by atoms with Crippen LogP contribution in [0.15, 0.2) is 0 Å². The van der Waals surface area contributed by atoms with Gasteiger partial charge in [0.25, 0.3) is 0 Å². The monoisotopic (exact) mass is 279 g/mol. The van der Waals surface area contributed by atoms with Gasteiger partial charge in [-0.1, -0.05) is 47.0 Å². The molecular formula is C19H37N. The molecule has 1 N–H and O–H groups in total. The molecule has 2 rings (SSSR count). The first-order valence-corrected chi connectivity index (χ1v) is 9.18. The normalized spacial score (nSPS) is 36.6. The van der Waals surface area contributed by atoms with Crippen LogP contribution >= 0.6 is 0 Å². The van der Waals surface area contributed by atoms with E-state index in [9.17, 15) is 0 Å². The van der Waals surface area contributed by atoms with Gasteiger partial charge in [-0.2, -0.15) is 0 Å². The molecular weight excluding hydrogens is 242 g/mol. The first-order chi connectivity index (χ1) is 9.45. The van der Waals surface area contributed by atoms with Crippen molar-refractivity contribution in [1.82, 2.24) is 5.32 Å². The molecule has 2 saturated carbocycles. The summed E-state index contributed by atoms with van der Waals surface area (Å²) in [4.78, 5) is 0. The van der Waals surface area contributed by atoms with E-state index in [0.717, 1.165) is 23.8 Å². The van der Waals surface area contributed by atoms with E-state index in [1.54, 1.807) is 0 Å². The second-order valence-corrected chi connectivity index (χ2v) is 8.81. The number of hydrogen-bond acceptors (Lipinski definition) is 1. The summed E-state index contributed by atoms with van der Waals surface area (Å²) in [5.41, 5.74) is 0.508. The summed E-state index contributed by atoms with van der Waals surface area (Å²) in [7, 11) is 0. The van der Waals surface area contributed by atoms with E-state index >= 15 is 0 Å². The van der Waals surface area contributed by atoms with Crippen molar-refractivity contribution in [2.24, 2.45) is 23.2 Å². The van der Waals surface area contributed by atoms with E-state index in [2.05, 4.69) is 33.0 Å². The van der Waals surface area contributed by atoms with Gasteiger partial charge >= 0.3 is 0 Å². The van der Waals surface area contributed by atoms with Gasteiger partial charge in [0.05, 0.1) is 0 Å². The van der Waals surface area contributed by atoms with Crippen LogP contribution in [-0.2, 0) is 0 Å². The van der Waals surface area contributed by atoms with Crippen LogP contribution < -0.4 is 5.32 Å². The van der Waals surface area contributed by atoms with Gasteiger partial charge in [0.15, 0.2) is 0 Å². The Labute approximate surface area is 127 Å². The lowest BCUT2D eigenvalue weighted by Crippen LogP contribution is -2.34. The molecule has 0 amide bonds. The molecule has 1 nitrogen and oxygen atoms in total. The number of rotatable bonds is 3. The van der Waals surface area contributed by atoms with E-state index in [-0.39, 0.29) is 0 Å². The van der Waals surface area contributed by atoms with E-state index < -0.39 is 0 Å². The third kappa shape index (κ3) is 5.06. The van der Waals surface area contributed by atoms with Crippen LogP contribution in [0.2, 0.25) is 0 Å². The van der Waals surface area contributed by atoms with Crippen molar-refractivity contribution in [3.8, 4) is 0 Å². The van der Waals surface area contributed by atoms with E-state index in [1.165, 1.54) is 64.3 Å². The summed E-state index contributed by atoms with van der Waals surface area (Å²) >= 11 is 0. The summed E-state index contributed by atoms with van der Waals surface area (Å²) < 4.78 is 0. The van der Waals surface area contributed by atoms with Crippen molar-refractivity contribution in [3.63, 3.8) is 0 Å². The Morgan fingerprint density at radius 3 is 2.35 bits per heavy atom. The second kappa shape index (κ2) is 7.29. The lowest BCUT2D eigenvalue weighted by Gasteiger charge is -2.30. The molecule has 0 radical (unpaired) electrons. The molecule has 2 fully saturated rings. The standard InChI is InChI=1S/C19H37N/c1-15-7-5-8-16(13-15)14-20-18-10-6-9-17(11-12-18)19(2,3)4/h15-18,20H,5-14H2,1-4H3. The Balaban J connectivity index is 1.71. The highest BCUT2D eigenvalue weighted by atomic mass is 14.9. The molecule has 4 unspecified atom stereocenters. The molecule has 1 heteroatoms. The number of nitrogens with one attached hydrogen (secondary N) is 1. The third-order valence-corrected chi connectivity index (χ3v) is 5.93. The lowest BCUT2D eigenvalue weighted by molar-refractivity contribution is 0.212. The summed E-state index contributed by atoms with van der Waals surface area (Å²) in [5, 5.41) is 3.92. The molecule has 20 heavy (non-hydrogen) atoms. The maximum Gasteiger partial charge on any atom is 0.00672 e. The summed E-state index contributed by atoms with van der Waals surface area (Å²) in [6.45, 7) is 11.0. The van der Waals surface area contributed by atoms with Crippen LogP contribution in [-0.4, -0.2) is 12.6 Å².